The maximum atomic E-state index is 14.5. The van der Waals surface area contributed by atoms with Crippen LogP contribution in [0.2, 0.25) is 0 Å². The second-order valence-electron chi connectivity index (χ2n) is 9.98. The van der Waals surface area contributed by atoms with Crippen molar-refractivity contribution in [2.75, 3.05) is 17.3 Å². The molecule has 38 heavy (non-hydrogen) atoms. The van der Waals surface area contributed by atoms with E-state index >= 15 is 0 Å². The minimum absolute atomic E-state index is 0.340. The predicted octanol–water partition coefficient (Wildman–Crippen LogP) is 3.48. The molecule has 0 aliphatic carbocycles. The number of benzene rings is 3. The molecule has 0 radical (unpaired) electrons. The Hall–Kier alpha value is -4.50. The zero-order valence-corrected chi connectivity index (χ0v) is 20.3. The number of methoxy groups -OCH3 is 1. The highest BCUT2D eigenvalue weighted by molar-refractivity contribution is 6.25. The topological polar surface area (TPSA) is 104 Å². The lowest BCUT2D eigenvalue weighted by Gasteiger charge is -2.29. The van der Waals surface area contributed by atoms with Crippen LogP contribution in [0.15, 0.2) is 72.9 Å². The number of nitrogens with zero attached hydrogens (tertiary/aromatic N) is 1. The number of nitrogens with one attached hydrogen (secondary N) is 3. The van der Waals surface area contributed by atoms with Gasteiger partial charge in [0.05, 0.1) is 24.6 Å². The van der Waals surface area contributed by atoms with E-state index in [1.165, 1.54) is 25.3 Å². The van der Waals surface area contributed by atoms with E-state index in [9.17, 15) is 18.8 Å². The number of para-hydroxylation sites is 1. The molecule has 8 nitrogen and oxygen atoms in total. The molecule has 3 amide bonds. The number of hydrogen-bond acceptors (Lipinski definition) is 5. The molecule has 0 bridgehead atoms. The Labute approximate surface area is 216 Å². The van der Waals surface area contributed by atoms with Crippen molar-refractivity contribution < 1.29 is 23.5 Å². The molecule has 190 valence electrons. The number of aromatic amines is 1. The quantitative estimate of drug-likeness (QED) is 0.365. The minimum atomic E-state index is -1.58. The summed E-state index contributed by atoms with van der Waals surface area (Å²) in [4.78, 5) is 46.2. The van der Waals surface area contributed by atoms with Crippen LogP contribution in [0.5, 0.6) is 5.75 Å². The Bertz CT molecular complexity index is 1670. The van der Waals surface area contributed by atoms with Crippen LogP contribution in [0.3, 0.4) is 0 Å². The summed E-state index contributed by atoms with van der Waals surface area (Å²) in [6.07, 6.45) is 2.27. The predicted molar refractivity (Wildman–Crippen MR) is 138 cm³/mol. The number of carbonyl (C=O) groups is 3. The molecular formula is C29H23FN4O4. The van der Waals surface area contributed by atoms with Gasteiger partial charge >= 0.3 is 0 Å². The second kappa shape index (κ2) is 8.00. The highest BCUT2D eigenvalue weighted by Crippen LogP contribution is 2.54. The number of imide groups is 1. The van der Waals surface area contributed by atoms with E-state index in [4.69, 9.17) is 4.74 Å². The SMILES string of the molecule is COc1cccc(N2C(=O)[C@H]3[C@@H](C2=O)[C@@]2(N[C@@H]3Cc3c[nH]c4ccccc34)C(=O)Nc3ccc(F)cc32)c1. The molecule has 3 N–H and O–H groups in total. The summed E-state index contributed by atoms with van der Waals surface area (Å²) in [5, 5.41) is 7.18. The van der Waals surface area contributed by atoms with Crippen molar-refractivity contribution >= 4 is 40.0 Å². The number of fused-ring (bicyclic) bond motifs is 5. The van der Waals surface area contributed by atoms with Crippen LogP contribution in [0.25, 0.3) is 10.9 Å². The molecule has 0 unspecified atom stereocenters. The lowest BCUT2D eigenvalue weighted by molar-refractivity contribution is -0.130. The first-order valence-corrected chi connectivity index (χ1v) is 12.4. The summed E-state index contributed by atoms with van der Waals surface area (Å²) in [7, 11) is 1.51. The number of carbonyl (C=O) groups excluding carboxylic acids is 3. The molecule has 4 atom stereocenters. The normalized spacial score (nSPS) is 25.8. The van der Waals surface area contributed by atoms with Crippen molar-refractivity contribution in [3.63, 3.8) is 0 Å². The third-order valence-electron chi connectivity index (χ3n) is 8.10. The summed E-state index contributed by atoms with van der Waals surface area (Å²) in [6.45, 7) is 0. The summed E-state index contributed by atoms with van der Waals surface area (Å²) < 4.78 is 19.8. The van der Waals surface area contributed by atoms with Crippen molar-refractivity contribution in [2.24, 2.45) is 11.8 Å². The van der Waals surface area contributed by atoms with Crippen LogP contribution < -0.4 is 20.3 Å². The van der Waals surface area contributed by atoms with E-state index in [0.29, 0.717) is 29.1 Å². The van der Waals surface area contributed by atoms with Crippen LogP contribution in [0.1, 0.15) is 11.1 Å². The molecule has 2 saturated heterocycles. The molecule has 1 aromatic heterocycles. The fourth-order valence-electron chi connectivity index (χ4n) is 6.49. The van der Waals surface area contributed by atoms with Gasteiger partial charge in [0, 0.05) is 40.5 Å². The van der Waals surface area contributed by atoms with E-state index in [-0.39, 0.29) is 0 Å². The van der Waals surface area contributed by atoms with Crippen LogP contribution in [0, 0.1) is 17.7 Å². The molecule has 2 fully saturated rings. The van der Waals surface area contributed by atoms with Gasteiger partial charge in [-0.1, -0.05) is 24.3 Å². The molecule has 3 aromatic carbocycles. The number of aromatic nitrogens is 1. The fraction of sp³-hybridized carbons (Fsp3) is 0.207. The Morgan fingerprint density at radius 1 is 1.00 bits per heavy atom. The van der Waals surface area contributed by atoms with Gasteiger partial charge in [-0.15, -0.1) is 0 Å². The van der Waals surface area contributed by atoms with Crippen LogP contribution in [0.4, 0.5) is 15.8 Å². The lowest BCUT2D eigenvalue weighted by Crippen LogP contribution is -2.53. The maximum absolute atomic E-state index is 14.5. The van der Waals surface area contributed by atoms with E-state index in [1.54, 1.807) is 24.3 Å². The summed E-state index contributed by atoms with van der Waals surface area (Å²) in [5.74, 6) is -3.31. The Balaban J connectivity index is 1.38. The van der Waals surface area contributed by atoms with Crippen LogP contribution in [-0.4, -0.2) is 35.9 Å². The van der Waals surface area contributed by atoms with Gasteiger partial charge in [-0.3, -0.25) is 19.7 Å². The number of H-pyrrole nitrogens is 1. The fourth-order valence-corrected chi connectivity index (χ4v) is 6.49. The number of hydrogen-bond donors (Lipinski definition) is 3. The Kier molecular flexibility index (Phi) is 4.77. The van der Waals surface area contributed by atoms with E-state index in [2.05, 4.69) is 15.6 Å². The van der Waals surface area contributed by atoms with Crippen LogP contribution in [-0.2, 0) is 26.3 Å². The van der Waals surface area contributed by atoms with Gasteiger partial charge in [-0.05, 0) is 48.4 Å². The van der Waals surface area contributed by atoms with Gasteiger partial charge in [0.2, 0.25) is 17.7 Å². The molecular weight excluding hydrogens is 487 g/mol. The Morgan fingerprint density at radius 2 is 1.84 bits per heavy atom. The van der Waals surface area contributed by atoms with Gasteiger partial charge in [-0.2, -0.15) is 0 Å². The van der Waals surface area contributed by atoms with Gasteiger partial charge in [0.15, 0.2) is 0 Å². The molecule has 0 saturated carbocycles. The monoisotopic (exact) mass is 510 g/mol. The third kappa shape index (κ3) is 2.96. The maximum Gasteiger partial charge on any atom is 0.250 e. The zero-order valence-electron chi connectivity index (χ0n) is 20.3. The molecule has 4 aromatic rings. The first-order valence-electron chi connectivity index (χ1n) is 12.4. The smallest absolute Gasteiger partial charge is 0.250 e. The number of anilines is 2. The van der Waals surface area contributed by atoms with E-state index < -0.39 is 47.0 Å². The summed E-state index contributed by atoms with van der Waals surface area (Å²) in [5.41, 5.74) is 1.45. The standard InChI is InChI=1S/C29H23FN4O4/c1-38-18-6-4-5-17(13-18)34-26(35)24-23(11-15-14-31-21-8-3-2-7-19(15)21)33-29(25(24)27(34)36)20-12-16(30)9-10-22(20)32-28(29)37/h2-10,12-14,23-25,31,33H,11H2,1H3,(H,32,37)/t23-,24-,25+,29-/m1/s1. The van der Waals surface area contributed by atoms with Crippen molar-refractivity contribution in [3.8, 4) is 5.75 Å². The Morgan fingerprint density at radius 3 is 2.68 bits per heavy atom. The average Bonchev–Trinajstić information content (AvgIpc) is 3.63. The van der Waals surface area contributed by atoms with Gasteiger partial charge < -0.3 is 15.0 Å². The highest BCUT2D eigenvalue weighted by Gasteiger charge is 2.70. The largest absolute Gasteiger partial charge is 0.497 e. The summed E-state index contributed by atoms with van der Waals surface area (Å²) in [6, 6.07) is 18.0. The number of halogens is 1. The van der Waals surface area contributed by atoms with Crippen LogP contribution >= 0.6 is 0 Å². The van der Waals surface area contributed by atoms with Gasteiger partial charge in [-0.25, -0.2) is 9.29 Å². The van der Waals surface area contributed by atoms with Gasteiger partial charge in [0.25, 0.3) is 0 Å². The van der Waals surface area contributed by atoms with E-state index in [1.807, 2.05) is 30.5 Å². The van der Waals surface area contributed by atoms with Gasteiger partial charge in [0.1, 0.15) is 17.1 Å². The molecule has 3 aliphatic heterocycles. The molecule has 4 heterocycles. The minimum Gasteiger partial charge on any atom is -0.497 e. The molecule has 1 spiro atoms. The van der Waals surface area contributed by atoms with Crippen molar-refractivity contribution in [1.29, 1.82) is 0 Å². The first-order chi connectivity index (χ1) is 18.4. The molecule has 3 aliphatic rings. The third-order valence-corrected chi connectivity index (χ3v) is 8.10. The van der Waals surface area contributed by atoms with Crippen molar-refractivity contribution in [3.05, 3.63) is 89.9 Å². The van der Waals surface area contributed by atoms with E-state index in [0.717, 1.165) is 21.4 Å². The highest BCUT2D eigenvalue weighted by atomic mass is 19.1. The molecule has 9 heteroatoms. The zero-order chi connectivity index (χ0) is 26.2. The molecule has 7 rings (SSSR count). The second-order valence-corrected chi connectivity index (χ2v) is 9.98. The first kappa shape index (κ1) is 22.7. The number of amides is 3. The number of rotatable bonds is 4. The lowest BCUT2D eigenvalue weighted by atomic mass is 9.76. The number of ether oxygens (including phenoxy) is 1. The summed E-state index contributed by atoms with van der Waals surface area (Å²) >= 11 is 0. The van der Waals surface area contributed by atoms with Crippen molar-refractivity contribution in [2.45, 2.75) is 18.0 Å². The average molecular weight is 511 g/mol. The van der Waals surface area contributed by atoms with Crippen molar-refractivity contribution in [1.82, 2.24) is 10.3 Å².